The third-order valence-electron chi connectivity index (χ3n) is 1.99. The molecule has 2 nitrogen and oxygen atoms in total. The predicted octanol–water partition coefficient (Wildman–Crippen LogP) is 3.50. The van der Waals surface area contributed by atoms with E-state index in [1.165, 1.54) is 0 Å². The van der Waals surface area contributed by atoms with Gasteiger partial charge in [0.1, 0.15) is 10.9 Å². The maximum Gasteiger partial charge on any atom is 0.136 e. The molecule has 0 unspecified atom stereocenters. The van der Waals surface area contributed by atoms with Gasteiger partial charge in [-0.3, -0.25) is 0 Å². The highest BCUT2D eigenvalue weighted by Gasteiger charge is 2.05. The van der Waals surface area contributed by atoms with E-state index in [4.69, 9.17) is 16.3 Å². The first-order chi connectivity index (χ1) is 6.72. The third kappa shape index (κ3) is 1.66. The second-order valence-corrected chi connectivity index (χ2v) is 4.33. The Labute approximate surface area is 100 Å². The summed E-state index contributed by atoms with van der Waals surface area (Å²) in [6.07, 6.45) is 1.70. The lowest BCUT2D eigenvalue weighted by molar-refractivity contribution is 0.412. The van der Waals surface area contributed by atoms with Gasteiger partial charge in [-0.1, -0.05) is 11.6 Å². The smallest absolute Gasteiger partial charge is 0.136 e. The van der Waals surface area contributed by atoms with E-state index in [0.717, 1.165) is 20.1 Å². The molecule has 4 heteroatoms. The molecule has 0 N–H and O–H groups in total. The van der Waals surface area contributed by atoms with Crippen molar-refractivity contribution in [2.45, 2.75) is 0 Å². The van der Waals surface area contributed by atoms with E-state index in [-0.39, 0.29) is 0 Å². The van der Waals surface area contributed by atoms with Crippen LogP contribution in [0.5, 0.6) is 5.75 Å². The lowest BCUT2D eigenvalue weighted by Crippen LogP contribution is -1.88. The monoisotopic (exact) mass is 319 g/mol. The van der Waals surface area contributed by atoms with Crippen LogP contribution < -0.4 is 4.74 Å². The molecule has 0 aliphatic carbocycles. The predicted molar refractivity (Wildman–Crippen MR) is 66.0 cm³/mol. The number of ether oxygens (including phenoxy) is 1. The second-order valence-electron chi connectivity index (χ2n) is 2.81. The summed E-state index contributed by atoms with van der Waals surface area (Å²) in [5.74, 6) is 0.827. The number of nitrogens with zero attached hydrogens (tertiary/aromatic N) is 1. The van der Waals surface area contributed by atoms with Gasteiger partial charge in [0, 0.05) is 11.6 Å². The highest BCUT2D eigenvalue weighted by atomic mass is 127. The van der Waals surface area contributed by atoms with Crippen molar-refractivity contribution in [3.05, 3.63) is 33.1 Å². The van der Waals surface area contributed by atoms with Crippen LogP contribution in [-0.4, -0.2) is 12.1 Å². The van der Waals surface area contributed by atoms with E-state index in [2.05, 4.69) is 27.6 Å². The molecular weight excluding hydrogens is 312 g/mol. The van der Waals surface area contributed by atoms with Gasteiger partial charge in [0.2, 0.25) is 0 Å². The number of pyridine rings is 1. The van der Waals surface area contributed by atoms with E-state index in [9.17, 15) is 0 Å². The van der Waals surface area contributed by atoms with Crippen molar-refractivity contribution in [2.75, 3.05) is 7.11 Å². The maximum absolute atomic E-state index is 5.97. The molecule has 0 bridgehead atoms. The van der Waals surface area contributed by atoms with Crippen molar-refractivity contribution in [3.8, 4) is 5.75 Å². The van der Waals surface area contributed by atoms with Crippen molar-refractivity contribution in [2.24, 2.45) is 0 Å². The highest BCUT2D eigenvalue weighted by molar-refractivity contribution is 14.1. The zero-order chi connectivity index (χ0) is 10.1. The zero-order valence-electron chi connectivity index (χ0n) is 7.42. The average Bonchev–Trinajstić information content (AvgIpc) is 2.17. The van der Waals surface area contributed by atoms with Crippen LogP contribution in [0.15, 0.2) is 24.4 Å². The van der Waals surface area contributed by atoms with Gasteiger partial charge in [-0.05, 0) is 46.2 Å². The summed E-state index contributed by atoms with van der Waals surface area (Å²) in [5.41, 5.74) is 0. The van der Waals surface area contributed by atoms with Gasteiger partial charge in [0.05, 0.1) is 10.7 Å². The first-order valence-electron chi connectivity index (χ1n) is 4.00. The molecule has 0 aliphatic rings. The van der Waals surface area contributed by atoms with Crippen LogP contribution in [0.1, 0.15) is 0 Å². The van der Waals surface area contributed by atoms with Gasteiger partial charge >= 0.3 is 0 Å². The second kappa shape index (κ2) is 3.90. The SMILES string of the molecule is COc1cc2c(Cl)nccc2cc1I. The van der Waals surface area contributed by atoms with Crippen molar-refractivity contribution in [1.82, 2.24) is 4.98 Å². The Kier molecular flexibility index (Phi) is 2.78. The molecule has 0 atom stereocenters. The van der Waals surface area contributed by atoms with E-state index in [1.54, 1.807) is 13.3 Å². The van der Waals surface area contributed by atoms with E-state index in [0.29, 0.717) is 5.15 Å². The number of fused-ring (bicyclic) bond motifs is 1. The zero-order valence-corrected chi connectivity index (χ0v) is 10.3. The summed E-state index contributed by atoms with van der Waals surface area (Å²) in [6, 6.07) is 5.87. The Morgan fingerprint density at radius 1 is 1.43 bits per heavy atom. The number of hydrogen-bond acceptors (Lipinski definition) is 2. The molecule has 0 aliphatic heterocycles. The lowest BCUT2D eigenvalue weighted by atomic mass is 10.2. The minimum atomic E-state index is 0.511. The summed E-state index contributed by atoms with van der Waals surface area (Å²) in [5, 5.41) is 2.51. The number of rotatable bonds is 1. The quantitative estimate of drug-likeness (QED) is 0.593. The molecule has 14 heavy (non-hydrogen) atoms. The van der Waals surface area contributed by atoms with E-state index >= 15 is 0 Å². The van der Waals surface area contributed by atoms with E-state index < -0.39 is 0 Å². The van der Waals surface area contributed by atoms with Crippen molar-refractivity contribution >= 4 is 45.0 Å². The number of aromatic nitrogens is 1. The molecule has 0 spiro atoms. The Hall–Kier alpha value is -0.550. The van der Waals surface area contributed by atoms with Gasteiger partial charge in [-0.25, -0.2) is 4.98 Å². The molecular formula is C10H7ClINO. The molecule has 0 saturated carbocycles. The summed E-state index contributed by atoms with van der Waals surface area (Å²) in [7, 11) is 1.65. The summed E-state index contributed by atoms with van der Waals surface area (Å²) >= 11 is 8.20. The summed E-state index contributed by atoms with van der Waals surface area (Å²) in [6.45, 7) is 0. The molecule has 0 amide bonds. The Morgan fingerprint density at radius 2 is 2.21 bits per heavy atom. The third-order valence-corrected chi connectivity index (χ3v) is 3.13. The molecule has 0 saturated heterocycles. The number of benzene rings is 1. The molecule has 72 valence electrons. The fourth-order valence-corrected chi connectivity index (χ4v) is 2.23. The minimum absolute atomic E-state index is 0.511. The normalized spacial score (nSPS) is 10.5. The number of halogens is 2. The van der Waals surface area contributed by atoms with Gasteiger partial charge in [-0.15, -0.1) is 0 Å². The fraction of sp³-hybridized carbons (Fsp3) is 0.100. The Balaban J connectivity index is 2.80. The van der Waals surface area contributed by atoms with Crippen LogP contribution in [0.4, 0.5) is 0 Å². The minimum Gasteiger partial charge on any atom is -0.496 e. The fourth-order valence-electron chi connectivity index (χ4n) is 1.29. The van der Waals surface area contributed by atoms with Crippen LogP contribution in [-0.2, 0) is 0 Å². The molecule has 2 aromatic rings. The van der Waals surface area contributed by atoms with Crippen LogP contribution in [0.25, 0.3) is 10.8 Å². The summed E-state index contributed by atoms with van der Waals surface area (Å²) in [4.78, 5) is 4.02. The first kappa shape index (κ1) is 9.98. The van der Waals surface area contributed by atoms with Crippen molar-refractivity contribution in [1.29, 1.82) is 0 Å². The van der Waals surface area contributed by atoms with Gasteiger partial charge < -0.3 is 4.74 Å². The molecule has 0 fully saturated rings. The summed E-state index contributed by atoms with van der Waals surface area (Å²) < 4.78 is 6.28. The van der Waals surface area contributed by atoms with Gasteiger partial charge in [-0.2, -0.15) is 0 Å². The number of hydrogen-bond donors (Lipinski definition) is 0. The lowest BCUT2D eigenvalue weighted by Gasteiger charge is -2.05. The van der Waals surface area contributed by atoms with Crippen LogP contribution in [0, 0.1) is 3.57 Å². The topological polar surface area (TPSA) is 22.1 Å². The Morgan fingerprint density at radius 3 is 2.93 bits per heavy atom. The molecule has 1 heterocycles. The van der Waals surface area contributed by atoms with Crippen LogP contribution >= 0.6 is 34.2 Å². The van der Waals surface area contributed by atoms with E-state index in [1.807, 2.05) is 18.2 Å². The molecule has 1 aromatic heterocycles. The van der Waals surface area contributed by atoms with Crippen molar-refractivity contribution in [3.63, 3.8) is 0 Å². The highest BCUT2D eigenvalue weighted by Crippen LogP contribution is 2.29. The van der Waals surface area contributed by atoms with Crippen LogP contribution in [0.3, 0.4) is 0 Å². The maximum atomic E-state index is 5.97. The largest absolute Gasteiger partial charge is 0.496 e. The van der Waals surface area contributed by atoms with Gasteiger partial charge in [0.25, 0.3) is 0 Å². The molecule has 0 radical (unpaired) electrons. The average molecular weight is 320 g/mol. The first-order valence-corrected chi connectivity index (χ1v) is 5.46. The standard InChI is InChI=1S/C10H7ClINO/c1-14-9-5-7-6(4-8(9)12)2-3-13-10(7)11/h2-5H,1H3. The number of methoxy groups -OCH3 is 1. The molecule has 2 rings (SSSR count). The Bertz CT molecular complexity index is 487. The molecule has 1 aromatic carbocycles. The van der Waals surface area contributed by atoms with Crippen molar-refractivity contribution < 1.29 is 4.74 Å². The van der Waals surface area contributed by atoms with Gasteiger partial charge in [0.15, 0.2) is 0 Å². The van der Waals surface area contributed by atoms with Crippen LogP contribution in [0.2, 0.25) is 5.15 Å².